The minimum Gasteiger partial charge on any atom is -0.467 e. The predicted octanol–water partition coefficient (Wildman–Crippen LogP) is 3.07. The fraction of sp³-hybridized carbons (Fsp3) is 0.357. The Labute approximate surface area is 102 Å². The average molecular weight is 230 g/mol. The first-order valence-electron chi connectivity index (χ1n) is 6.01. The standard InChI is InChI=1S/C14H18N2O/c1-3-9-15-14(13-8-5-10-17-13)12-7-4-6-11(2)16-12/h4-8,10,14-15H,3,9H2,1-2H3. The van der Waals surface area contributed by atoms with Crippen LogP contribution in [0.3, 0.4) is 0 Å². The van der Waals surface area contributed by atoms with Crippen molar-refractivity contribution >= 4 is 0 Å². The fourth-order valence-electron chi connectivity index (χ4n) is 1.82. The molecule has 17 heavy (non-hydrogen) atoms. The molecule has 0 aliphatic carbocycles. The zero-order valence-electron chi connectivity index (χ0n) is 10.3. The van der Waals surface area contributed by atoms with E-state index < -0.39 is 0 Å². The molecule has 0 aromatic carbocycles. The molecule has 0 bridgehead atoms. The van der Waals surface area contributed by atoms with Crippen molar-refractivity contribution in [3.05, 3.63) is 53.7 Å². The molecule has 0 radical (unpaired) electrons. The lowest BCUT2D eigenvalue weighted by Crippen LogP contribution is -2.23. The summed E-state index contributed by atoms with van der Waals surface area (Å²) in [5.41, 5.74) is 2.03. The van der Waals surface area contributed by atoms with E-state index >= 15 is 0 Å². The van der Waals surface area contributed by atoms with E-state index in [0.717, 1.165) is 30.1 Å². The van der Waals surface area contributed by atoms with Gasteiger partial charge in [0.25, 0.3) is 0 Å². The van der Waals surface area contributed by atoms with Crippen molar-refractivity contribution in [2.75, 3.05) is 6.54 Å². The number of furan rings is 1. The lowest BCUT2D eigenvalue weighted by molar-refractivity contribution is 0.441. The van der Waals surface area contributed by atoms with Gasteiger partial charge in [0, 0.05) is 5.69 Å². The molecule has 2 aromatic heterocycles. The molecule has 3 nitrogen and oxygen atoms in total. The topological polar surface area (TPSA) is 38.1 Å². The molecule has 0 aliphatic heterocycles. The molecule has 1 atom stereocenters. The molecule has 3 heteroatoms. The second-order valence-electron chi connectivity index (χ2n) is 4.11. The number of hydrogen-bond acceptors (Lipinski definition) is 3. The third kappa shape index (κ3) is 2.94. The summed E-state index contributed by atoms with van der Waals surface area (Å²) in [5, 5.41) is 3.46. The van der Waals surface area contributed by atoms with Crippen molar-refractivity contribution in [3.8, 4) is 0 Å². The number of rotatable bonds is 5. The van der Waals surface area contributed by atoms with Crippen LogP contribution in [0.25, 0.3) is 0 Å². The van der Waals surface area contributed by atoms with Gasteiger partial charge in [0.1, 0.15) is 11.8 Å². The van der Waals surface area contributed by atoms with Gasteiger partial charge in [0.05, 0.1) is 12.0 Å². The predicted molar refractivity (Wildman–Crippen MR) is 67.8 cm³/mol. The summed E-state index contributed by atoms with van der Waals surface area (Å²) in [5.74, 6) is 0.913. The quantitative estimate of drug-likeness (QED) is 0.857. The van der Waals surface area contributed by atoms with Gasteiger partial charge in [-0.05, 0) is 44.2 Å². The fourth-order valence-corrected chi connectivity index (χ4v) is 1.82. The number of aromatic nitrogens is 1. The number of hydrogen-bond donors (Lipinski definition) is 1. The monoisotopic (exact) mass is 230 g/mol. The number of pyridine rings is 1. The molecule has 2 heterocycles. The van der Waals surface area contributed by atoms with Gasteiger partial charge < -0.3 is 9.73 Å². The van der Waals surface area contributed by atoms with Crippen molar-refractivity contribution in [1.82, 2.24) is 10.3 Å². The zero-order valence-corrected chi connectivity index (χ0v) is 10.3. The third-order valence-corrected chi connectivity index (χ3v) is 2.63. The molecular formula is C14H18N2O. The van der Waals surface area contributed by atoms with Gasteiger partial charge in [-0.15, -0.1) is 0 Å². The highest BCUT2D eigenvalue weighted by atomic mass is 16.3. The number of nitrogens with one attached hydrogen (secondary N) is 1. The van der Waals surface area contributed by atoms with E-state index in [1.165, 1.54) is 0 Å². The van der Waals surface area contributed by atoms with Gasteiger partial charge in [0.15, 0.2) is 0 Å². The van der Waals surface area contributed by atoms with Gasteiger partial charge in [-0.2, -0.15) is 0 Å². The highest BCUT2D eigenvalue weighted by Crippen LogP contribution is 2.20. The van der Waals surface area contributed by atoms with Crippen molar-refractivity contribution in [2.24, 2.45) is 0 Å². The Kier molecular flexibility index (Phi) is 3.94. The summed E-state index contributed by atoms with van der Waals surface area (Å²) in [6, 6.07) is 10.0. The molecule has 1 N–H and O–H groups in total. The van der Waals surface area contributed by atoms with Crippen LogP contribution >= 0.6 is 0 Å². The van der Waals surface area contributed by atoms with E-state index in [1.54, 1.807) is 6.26 Å². The Morgan fingerprint density at radius 3 is 2.82 bits per heavy atom. The summed E-state index contributed by atoms with van der Waals surface area (Å²) in [6.07, 6.45) is 2.79. The molecule has 0 amide bonds. The normalized spacial score (nSPS) is 12.6. The highest BCUT2D eigenvalue weighted by Gasteiger charge is 2.17. The summed E-state index contributed by atoms with van der Waals surface area (Å²) in [4.78, 5) is 4.56. The SMILES string of the molecule is CCCNC(c1cccc(C)n1)c1ccco1. The van der Waals surface area contributed by atoms with E-state index in [1.807, 2.05) is 37.3 Å². The molecule has 1 unspecified atom stereocenters. The number of nitrogens with zero attached hydrogens (tertiary/aromatic N) is 1. The lowest BCUT2D eigenvalue weighted by Gasteiger charge is -2.16. The summed E-state index contributed by atoms with van der Waals surface area (Å²) in [7, 11) is 0. The molecule has 90 valence electrons. The smallest absolute Gasteiger partial charge is 0.126 e. The first kappa shape index (κ1) is 11.9. The Morgan fingerprint density at radius 2 is 2.18 bits per heavy atom. The maximum atomic E-state index is 5.48. The van der Waals surface area contributed by atoms with Crippen LogP contribution in [0.15, 0.2) is 41.0 Å². The van der Waals surface area contributed by atoms with E-state index in [-0.39, 0.29) is 6.04 Å². The van der Waals surface area contributed by atoms with E-state index in [4.69, 9.17) is 4.42 Å². The van der Waals surface area contributed by atoms with Crippen LogP contribution in [0.1, 0.15) is 36.5 Å². The Hall–Kier alpha value is -1.61. The largest absolute Gasteiger partial charge is 0.467 e. The van der Waals surface area contributed by atoms with Crippen molar-refractivity contribution < 1.29 is 4.42 Å². The van der Waals surface area contributed by atoms with Crippen molar-refractivity contribution in [2.45, 2.75) is 26.3 Å². The molecule has 0 aliphatic rings. The number of aryl methyl sites for hydroxylation is 1. The molecule has 0 saturated heterocycles. The Bertz CT molecular complexity index is 451. The average Bonchev–Trinajstić information content (AvgIpc) is 2.83. The minimum atomic E-state index is 0.0462. The molecule has 0 fully saturated rings. The third-order valence-electron chi connectivity index (χ3n) is 2.63. The zero-order chi connectivity index (χ0) is 12.1. The molecule has 0 spiro atoms. The van der Waals surface area contributed by atoms with Gasteiger partial charge in [-0.25, -0.2) is 0 Å². The van der Waals surface area contributed by atoms with Gasteiger partial charge in [-0.3, -0.25) is 4.98 Å². The summed E-state index contributed by atoms with van der Waals surface area (Å²) < 4.78 is 5.48. The van der Waals surface area contributed by atoms with Gasteiger partial charge in [-0.1, -0.05) is 13.0 Å². The minimum absolute atomic E-state index is 0.0462. The van der Waals surface area contributed by atoms with Crippen LogP contribution in [-0.2, 0) is 0 Å². The van der Waals surface area contributed by atoms with Crippen LogP contribution in [-0.4, -0.2) is 11.5 Å². The van der Waals surface area contributed by atoms with Crippen molar-refractivity contribution in [3.63, 3.8) is 0 Å². The van der Waals surface area contributed by atoms with Gasteiger partial charge in [0.2, 0.25) is 0 Å². The maximum Gasteiger partial charge on any atom is 0.126 e. The van der Waals surface area contributed by atoms with Gasteiger partial charge >= 0.3 is 0 Å². The van der Waals surface area contributed by atoms with Crippen LogP contribution in [0.2, 0.25) is 0 Å². The van der Waals surface area contributed by atoms with E-state index in [2.05, 4.69) is 17.2 Å². The first-order chi connectivity index (χ1) is 8.31. The second kappa shape index (κ2) is 5.64. The summed E-state index contributed by atoms with van der Waals surface area (Å²) >= 11 is 0. The Morgan fingerprint density at radius 1 is 1.29 bits per heavy atom. The van der Waals surface area contributed by atoms with Crippen LogP contribution in [0.5, 0.6) is 0 Å². The molecule has 2 aromatic rings. The Balaban J connectivity index is 2.27. The molecule has 0 saturated carbocycles. The molecule has 2 rings (SSSR count). The maximum absolute atomic E-state index is 5.48. The molecular weight excluding hydrogens is 212 g/mol. The summed E-state index contributed by atoms with van der Waals surface area (Å²) in [6.45, 7) is 5.10. The van der Waals surface area contributed by atoms with Crippen LogP contribution < -0.4 is 5.32 Å². The van der Waals surface area contributed by atoms with E-state index in [9.17, 15) is 0 Å². The lowest BCUT2D eigenvalue weighted by atomic mass is 10.1. The van der Waals surface area contributed by atoms with E-state index in [0.29, 0.717) is 0 Å². The first-order valence-corrected chi connectivity index (χ1v) is 6.01. The van der Waals surface area contributed by atoms with Crippen molar-refractivity contribution in [1.29, 1.82) is 0 Å². The second-order valence-corrected chi connectivity index (χ2v) is 4.11. The van der Waals surface area contributed by atoms with Crippen LogP contribution in [0.4, 0.5) is 0 Å². The van der Waals surface area contributed by atoms with Crippen LogP contribution in [0, 0.1) is 6.92 Å². The highest BCUT2D eigenvalue weighted by molar-refractivity contribution is 5.21.